The molecule has 0 aliphatic carbocycles. The highest BCUT2D eigenvalue weighted by Crippen LogP contribution is 1.99. The van der Waals surface area contributed by atoms with Crippen LogP contribution >= 0.6 is 0 Å². The Morgan fingerprint density at radius 1 is 1.00 bits per heavy atom. The standard InChI is InChI=1S/C13H24O/c1-3-5-7-8-9-11-13-14-12-10-6-4-2/h3,5,11,13H,4,6-10,12H2,1-2H3. The monoisotopic (exact) mass is 196 g/mol. The lowest BCUT2D eigenvalue weighted by Crippen LogP contribution is -1.86. The molecular formula is C13H24O. The smallest absolute Gasteiger partial charge is 0.0873 e. The van der Waals surface area contributed by atoms with Crippen molar-refractivity contribution in [2.75, 3.05) is 6.61 Å². The molecule has 0 aromatic heterocycles. The summed E-state index contributed by atoms with van der Waals surface area (Å²) < 4.78 is 5.34. The van der Waals surface area contributed by atoms with E-state index in [0.717, 1.165) is 13.0 Å². The molecule has 0 heterocycles. The normalized spacial score (nSPS) is 11.6. The van der Waals surface area contributed by atoms with E-state index >= 15 is 0 Å². The lowest BCUT2D eigenvalue weighted by atomic mass is 10.2. The van der Waals surface area contributed by atoms with Crippen LogP contribution in [0, 0.1) is 0 Å². The van der Waals surface area contributed by atoms with Crippen molar-refractivity contribution in [1.82, 2.24) is 0 Å². The lowest BCUT2D eigenvalue weighted by Gasteiger charge is -1.98. The van der Waals surface area contributed by atoms with Crippen molar-refractivity contribution in [1.29, 1.82) is 0 Å². The molecule has 0 fully saturated rings. The van der Waals surface area contributed by atoms with E-state index in [0.29, 0.717) is 0 Å². The second kappa shape index (κ2) is 12.3. The molecule has 0 bridgehead atoms. The summed E-state index contributed by atoms with van der Waals surface area (Å²) in [5.74, 6) is 0. The van der Waals surface area contributed by atoms with Gasteiger partial charge in [0.1, 0.15) is 0 Å². The molecule has 1 nitrogen and oxygen atoms in total. The summed E-state index contributed by atoms with van der Waals surface area (Å²) in [4.78, 5) is 0. The second-order valence-electron chi connectivity index (χ2n) is 3.45. The van der Waals surface area contributed by atoms with E-state index in [2.05, 4.69) is 32.1 Å². The Balaban J connectivity index is 3.03. The van der Waals surface area contributed by atoms with E-state index in [1.165, 1.54) is 32.1 Å². The van der Waals surface area contributed by atoms with Gasteiger partial charge in [0.05, 0.1) is 12.9 Å². The molecule has 1 heteroatoms. The molecule has 0 aliphatic heterocycles. The van der Waals surface area contributed by atoms with Crippen LogP contribution in [0.2, 0.25) is 0 Å². The zero-order chi connectivity index (χ0) is 10.5. The Morgan fingerprint density at radius 2 is 1.79 bits per heavy atom. The SMILES string of the molecule is CC=CCCCC=COCCCCC. The number of unbranched alkanes of at least 4 members (excludes halogenated alkanes) is 4. The van der Waals surface area contributed by atoms with Crippen molar-refractivity contribution in [3.63, 3.8) is 0 Å². The van der Waals surface area contributed by atoms with Crippen molar-refractivity contribution in [2.24, 2.45) is 0 Å². The van der Waals surface area contributed by atoms with Crippen LogP contribution in [0.4, 0.5) is 0 Å². The van der Waals surface area contributed by atoms with Gasteiger partial charge in [-0.05, 0) is 38.7 Å². The van der Waals surface area contributed by atoms with Gasteiger partial charge in [-0.25, -0.2) is 0 Å². The molecule has 0 N–H and O–H groups in total. The molecule has 0 atom stereocenters. The molecule has 0 spiro atoms. The first-order chi connectivity index (χ1) is 6.91. The van der Waals surface area contributed by atoms with Crippen molar-refractivity contribution in [3.05, 3.63) is 24.5 Å². The van der Waals surface area contributed by atoms with Crippen LogP contribution in [0.3, 0.4) is 0 Å². The summed E-state index contributed by atoms with van der Waals surface area (Å²) in [5.41, 5.74) is 0. The highest BCUT2D eigenvalue weighted by molar-refractivity contribution is 4.79. The molecule has 0 saturated heterocycles. The van der Waals surface area contributed by atoms with Crippen LogP contribution in [-0.2, 0) is 4.74 Å². The molecule has 0 aromatic carbocycles. The van der Waals surface area contributed by atoms with E-state index in [1.54, 1.807) is 0 Å². The minimum absolute atomic E-state index is 0.874. The quantitative estimate of drug-likeness (QED) is 0.301. The van der Waals surface area contributed by atoms with Crippen LogP contribution in [-0.4, -0.2) is 6.61 Å². The Hall–Kier alpha value is -0.720. The summed E-state index contributed by atoms with van der Waals surface area (Å²) in [7, 11) is 0. The van der Waals surface area contributed by atoms with E-state index in [9.17, 15) is 0 Å². The Morgan fingerprint density at radius 3 is 2.50 bits per heavy atom. The highest BCUT2D eigenvalue weighted by atomic mass is 16.5. The average Bonchev–Trinajstić information content (AvgIpc) is 2.21. The molecule has 0 radical (unpaired) electrons. The zero-order valence-corrected chi connectivity index (χ0v) is 9.67. The van der Waals surface area contributed by atoms with Gasteiger partial charge >= 0.3 is 0 Å². The predicted molar refractivity (Wildman–Crippen MR) is 63.3 cm³/mol. The largest absolute Gasteiger partial charge is 0.502 e. The number of hydrogen-bond donors (Lipinski definition) is 0. The third-order valence-electron chi connectivity index (χ3n) is 2.04. The minimum atomic E-state index is 0.874. The number of ether oxygens (including phenoxy) is 1. The maximum Gasteiger partial charge on any atom is 0.0873 e. The molecule has 0 aromatic rings. The van der Waals surface area contributed by atoms with Crippen molar-refractivity contribution < 1.29 is 4.74 Å². The summed E-state index contributed by atoms with van der Waals surface area (Å²) in [6.07, 6.45) is 15.5. The molecule has 0 rings (SSSR count). The molecule has 0 aliphatic rings. The molecule has 14 heavy (non-hydrogen) atoms. The van der Waals surface area contributed by atoms with E-state index in [1.807, 2.05) is 6.26 Å². The summed E-state index contributed by atoms with van der Waals surface area (Å²) in [6, 6.07) is 0. The molecule has 0 unspecified atom stereocenters. The Labute approximate surface area is 88.9 Å². The van der Waals surface area contributed by atoms with Gasteiger partial charge in [0.15, 0.2) is 0 Å². The fraction of sp³-hybridized carbons (Fsp3) is 0.692. The fourth-order valence-corrected chi connectivity index (χ4v) is 1.16. The first-order valence-corrected chi connectivity index (χ1v) is 5.79. The maximum atomic E-state index is 5.34. The molecule has 82 valence electrons. The van der Waals surface area contributed by atoms with Crippen molar-refractivity contribution >= 4 is 0 Å². The van der Waals surface area contributed by atoms with Crippen LogP contribution in [0.25, 0.3) is 0 Å². The van der Waals surface area contributed by atoms with E-state index in [-0.39, 0.29) is 0 Å². The fourth-order valence-electron chi connectivity index (χ4n) is 1.16. The van der Waals surface area contributed by atoms with Crippen LogP contribution in [0.15, 0.2) is 24.5 Å². The summed E-state index contributed by atoms with van der Waals surface area (Å²) in [5, 5.41) is 0. The van der Waals surface area contributed by atoms with Gasteiger partial charge in [-0.2, -0.15) is 0 Å². The van der Waals surface area contributed by atoms with E-state index < -0.39 is 0 Å². The van der Waals surface area contributed by atoms with Crippen LogP contribution in [0.1, 0.15) is 52.4 Å². The van der Waals surface area contributed by atoms with Gasteiger partial charge < -0.3 is 4.74 Å². The summed E-state index contributed by atoms with van der Waals surface area (Å²) in [6.45, 7) is 5.14. The minimum Gasteiger partial charge on any atom is -0.502 e. The van der Waals surface area contributed by atoms with Crippen LogP contribution in [0.5, 0.6) is 0 Å². The zero-order valence-electron chi connectivity index (χ0n) is 9.67. The van der Waals surface area contributed by atoms with Crippen molar-refractivity contribution in [3.8, 4) is 0 Å². The second-order valence-corrected chi connectivity index (χ2v) is 3.45. The van der Waals surface area contributed by atoms with Gasteiger partial charge in [-0.3, -0.25) is 0 Å². The molecule has 0 amide bonds. The Kier molecular flexibility index (Phi) is 11.6. The molecule has 0 saturated carbocycles. The van der Waals surface area contributed by atoms with Crippen molar-refractivity contribution in [2.45, 2.75) is 52.4 Å². The summed E-state index contributed by atoms with van der Waals surface area (Å²) >= 11 is 0. The van der Waals surface area contributed by atoms with E-state index in [4.69, 9.17) is 4.74 Å². The molecular weight excluding hydrogens is 172 g/mol. The first-order valence-electron chi connectivity index (χ1n) is 5.79. The van der Waals surface area contributed by atoms with Gasteiger partial charge in [0, 0.05) is 0 Å². The first kappa shape index (κ1) is 13.3. The lowest BCUT2D eigenvalue weighted by molar-refractivity contribution is 0.240. The number of rotatable bonds is 9. The third kappa shape index (κ3) is 11.3. The number of allylic oxidation sites excluding steroid dienone is 3. The Bertz CT molecular complexity index is 147. The third-order valence-corrected chi connectivity index (χ3v) is 2.04. The van der Waals surface area contributed by atoms with Crippen LogP contribution < -0.4 is 0 Å². The van der Waals surface area contributed by atoms with Gasteiger partial charge in [-0.15, -0.1) is 0 Å². The van der Waals surface area contributed by atoms with Gasteiger partial charge in [0.25, 0.3) is 0 Å². The predicted octanol–water partition coefficient (Wildman–Crippen LogP) is 4.45. The number of hydrogen-bond acceptors (Lipinski definition) is 1. The average molecular weight is 196 g/mol. The van der Waals surface area contributed by atoms with Gasteiger partial charge in [-0.1, -0.05) is 31.9 Å². The maximum absolute atomic E-state index is 5.34. The highest BCUT2D eigenvalue weighted by Gasteiger charge is 1.84. The van der Waals surface area contributed by atoms with Gasteiger partial charge in [0.2, 0.25) is 0 Å². The topological polar surface area (TPSA) is 9.23 Å².